The van der Waals surface area contributed by atoms with Crippen molar-refractivity contribution in [2.45, 2.75) is 24.0 Å². The Bertz CT molecular complexity index is 1410. The third-order valence-corrected chi connectivity index (χ3v) is 7.78. The topological polar surface area (TPSA) is 50.5 Å². The van der Waals surface area contributed by atoms with Crippen LogP contribution in [0.5, 0.6) is 0 Å². The van der Waals surface area contributed by atoms with E-state index in [0.717, 1.165) is 52.1 Å². The molecule has 0 saturated carbocycles. The van der Waals surface area contributed by atoms with Crippen LogP contribution in [-0.2, 0) is 4.79 Å². The first-order chi connectivity index (χ1) is 15.3. The van der Waals surface area contributed by atoms with Gasteiger partial charge in [0.2, 0.25) is 5.91 Å². The summed E-state index contributed by atoms with van der Waals surface area (Å²) in [5.41, 5.74) is 3.74. The molecule has 154 valence electrons. The Morgan fingerprint density at radius 2 is 1.87 bits per heavy atom. The zero-order chi connectivity index (χ0) is 20.8. The van der Waals surface area contributed by atoms with E-state index in [1.165, 1.54) is 16.6 Å². The number of rotatable bonds is 4. The van der Waals surface area contributed by atoms with Crippen LogP contribution < -0.4 is 0 Å². The summed E-state index contributed by atoms with van der Waals surface area (Å²) in [6.45, 7) is 0.830. The summed E-state index contributed by atoms with van der Waals surface area (Å²) < 4.78 is 2.09. The zero-order valence-corrected chi connectivity index (χ0v) is 18.4. The Morgan fingerprint density at radius 3 is 2.74 bits per heavy atom. The van der Waals surface area contributed by atoms with Gasteiger partial charge in [-0.15, -0.1) is 11.3 Å². The summed E-state index contributed by atoms with van der Waals surface area (Å²) in [6, 6.07) is 20.6. The minimum Gasteiger partial charge on any atom is -0.334 e. The number of aromatic nitrogens is 3. The van der Waals surface area contributed by atoms with Crippen LogP contribution in [0.1, 0.15) is 23.8 Å². The van der Waals surface area contributed by atoms with Crippen LogP contribution in [0, 0.1) is 0 Å². The molecule has 1 unspecified atom stereocenters. The van der Waals surface area contributed by atoms with E-state index < -0.39 is 0 Å². The highest BCUT2D eigenvalue weighted by Crippen LogP contribution is 2.35. The Hall–Kier alpha value is -2.90. The maximum Gasteiger partial charge on any atom is 0.233 e. The molecular formula is C24H20N4OS2. The van der Waals surface area contributed by atoms with Crippen molar-refractivity contribution in [3.8, 4) is 0 Å². The molecule has 0 spiro atoms. The van der Waals surface area contributed by atoms with Crippen LogP contribution >= 0.6 is 23.1 Å². The van der Waals surface area contributed by atoms with Gasteiger partial charge in [-0.3, -0.25) is 9.20 Å². The van der Waals surface area contributed by atoms with Crippen molar-refractivity contribution in [2.24, 2.45) is 0 Å². The number of hydrogen-bond acceptors (Lipinski definition) is 5. The average Bonchev–Trinajstić information content (AvgIpc) is 3.56. The lowest BCUT2D eigenvalue weighted by molar-refractivity contribution is -0.129. The van der Waals surface area contributed by atoms with Gasteiger partial charge in [-0.2, -0.15) is 0 Å². The summed E-state index contributed by atoms with van der Waals surface area (Å²) in [7, 11) is 0. The van der Waals surface area contributed by atoms with Gasteiger partial charge in [0.15, 0.2) is 5.16 Å². The third-order valence-electron chi connectivity index (χ3n) is 5.88. The van der Waals surface area contributed by atoms with Crippen molar-refractivity contribution in [1.82, 2.24) is 19.3 Å². The van der Waals surface area contributed by atoms with Crippen molar-refractivity contribution in [2.75, 3.05) is 12.3 Å². The maximum absolute atomic E-state index is 13.2. The molecule has 4 heterocycles. The molecule has 0 aliphatic carbocycles. The molecule has 31 heavy (non-hydrogen) atoms. The summed E-state index contributed by atoms with van der Waals surface area (Å²) >= 11 is 3.24. The van der Waals surface area contributed by atoms with Crippen LogP contribution in [0.15, 0.2) is 71.2 Å². The van der Waals surface area contributed by atoms with Gasteiger partial charge in [-0.25, -0.2) is 9.97 Å². The lowest BCUT2D eigenvalue weighted by Crippen LogP contribution is -2.31. The van der Waals surface area contributed by atoms with Gasteiger partial charge < -0.3 is 4.90 Å². The molecule has 3 aromatic heterocycles. The Kier molecular flexibility index (Phi) is 4.65. The van der Waals surface area contributed by atoms with Gasteiger partial charge in [-0.05, 0) is 48.6 Å². The summed E-state index contributed by atoms with van der Waals surface area (Å²) in [5.74, 6) is 0.544. The number of carbonyl (C=O) groups excluding carboxylic acids is 1. The van der Waals surface area contributed by atoms with Gasteiger partial charge in [0.1, 0.15) is 5.65 Å². The second-order valence-corrected chi connectivity index (χ2v) is 9.64. The lowest BCUT2D eigenvalue weighted by Gasteiger charge is -2.23. The smallest absolute Gasteiger partial charge is 0.233 e. The highest BCUT2D eigenvalue weighted by molar-refractivity contribution is 7.99. The number of amides is 1. The average molecular weight is 445 g/mol. The number of fused-ring (bicyclic) bond motifs is 5. The SMILES string of the molecule is O=C(CSc1nc2ccccc2c2nc3ccccc3n12)N1CCCC1c1cccs1. The fourth-order valence-corrected chi connectivity index (χ4v) is 6.23. The number of nitrogens with zero attached hydrogens (tertiary/aromatic N) is 4. The first kappa shape index (κ1) is 18.8. The van der Waals surface area contributed by atoms with Crippen LogP contribution in [0.3, 0.4) is 0 Å². The molecule has 0 N–H and O–H groups in total. The van der Waals surface area contributed by atoms with Gasteiger partial charge in [0.25, 0.3) is 0 Å². The summed E-state index contributed by atoms with van der Waals surface area (Å²) in [4.78, 5) is 26.3. The van der Waals surface area contributed by atoms with Crippen LogP contribution in [0.2, 0.25) is 0 Å². The molecule has 1 amide bonds. The third kappa shape index (κ3) is 3.20. The van der Waals surface area contributed by atoms with E-state index >= 15 is 0 Å². The van der Waals surface area contributed by atoms with Crippen molar-refractivity contribution < 1.29 is 4.79 Å². The molecule has 5 aromatic rings. The fraction of sp³-hybridized carbons (Fsp3) is 0.208. The quantitative estimate of drug-likeness (QED) is 0.269. The highest BCUT2D eigenvalue weighted by atomic mass is 32.2. The molecule has 6 rings (SSSR count). The van der Waals surface area contributed by atoms with Crippen LogP contribution in [0.4, 0.5) is 0 Å². The van der Waals surface area contributed by atoms with Gasteiger partial charge >= 0.3 is 0 Å². The molecule has 1 aliphatic heterocycles. The Morgan fingerprint density at radius 1 is 1.03 bits per heavy atom. The van der Waals surface area contributed by atoms with Crippen molar-refractivity contribution in [1.29, 1.82) is 0 Å². The van der Waals surface area contributed by atoms with E-state index in [0.29, 0.717) is 5.75 Å². The molecular weight excluding hydrogens is 424 g/mol. The summed E-state index contributed by atoms with van der Waals surface area (Å²) in [6.07, 6.45) is 2.10. The normalized spacial score (nSPS) is 16.6. The molecule has 1 saturated heterocycles. The van der Waals surface area contributed by atoms with Gasteiger partial charge in [-0.1, -0.05) is 42.1 Å². The van der Waals surface area contributed by atoms with Crippen LogP contribution in [0.25, 0.3) is 27.6 Å². The largest absolute Gasteiger partial charge is 0.334 e. The van der Waals surface area contributed by atoms with E-state index in [1.807, 2.05) is 41.3 Å². The number of benzene rings is 2. The van der Waals surface area contributed by atoms with E-state index in [9.17, 15) is 4.79 Å². The minimum absolute atomic E-state index is 0.174. The zero-order valence-electron chi connectivity index (χ0n) is 16.8. The number of thioether (sulfide) groups is 1. The van der Waals surface area contributed by atoms with E-state index in [1.54, 1.807) is 11.3 Å². The van der Waals surface area contributed by atoms with Gasteiger partial charge in [0.05, 0.1) is 28.3 Å². The number of imidazole rings is 1. The van der Waals surface area contributed by atoms with Crippen molar-refractivity contribution in [3.63, 3.8) is 0 Å². The monoisotopic (exact) mass is 444 g/mol. The predicted molar refractivity (Wildman–Crippen MR) is 127 cm³/mol. The van der Waals surface area contributed by atoms with E-state index in [2.05, 4.69) is 34.0 Å². The molecule has 7 heteroatoms. The van der Waals surface area contributed by atoms with Crippen LogP contribution in [-0.4, -0.2) is 37.5 Å². The van der Waals surface area contributed by atoms with E-state index in [-0.39, 0.29) is 11.9 Å². The van der Waals surface area contributed by atoms with E-state index in [4.69, 9.17) is 9.97 Å². The minimum atomic E-state index is 0.174. The second-order valence-electron chi connectivity index (χ2n) is 7.72. The number of carbonyl (C=O) groups is 1. The Labute approximate surface area is 187 Å². The first-order valence-corrected chi connectivity index (χ1v) is 12.3. The number of hydrogen-bond donors (Lipinski definition) is 0. The summed E-state index contributed by atoms with van der Waals surface area (Å²) in [5, 5.41) is 3.92. The van der Waals surface area contributed by atoms with Crippen molar-refractivity contribution >= 4 is 56.6 Å². The van der Waals surface area contributed by atoms with Crippen molar-refractivity contribution in [3.05, 3.63) is 70.9 Å². The molecule has 5 nitrogen and oxygen atoms in total. The second kappa shape index (κ2) is 7.66. The standard InChI is InChI=1S/C24H20N4OS2/c29-22(27-13-5-11-20(27)21-12-6-14-30-21)15-31-24-26-17-8-2-1-7-16(17)23-25-18-9-3-4-10-19(18)28(23)24/h1-4,6-10,12,14,20H,5,11,13,15H2. The molecule has 1 fully saturated rings. The molecule has 2 aromatic carbocycles. The lowest BCUT2D eigenvalue weighted by atomic mass is 10.2. The molecule has 1 atom stereocenters. The predicted octanol–water partition coefficient (Wildman–Crippen LogP) is 5.55. The fourth-order valence-electron chi connectivity index (χ4n) is 4.46. The highest BCUT2D eigenvalue weighted by Gasteiger charge is 2.30. The number of para-hydroxylation sites is 3. The first-order valence-electron chi connectivity index (χ1n) is 10.4. The molecule has 0 radical (unpaired) electrons. The Balaban J connectivity index is 1.37. The molecule has 0 bridgehead atoms. The van der Waals surface area contributed by atoms with Gasteiger partial charge in [0, 0.05) is 16.8 Å². The molecule has 1 aliphatic rings. The number of likely N-dealkylation sites (tertiary alicyclic amines) is 1. The number of thiophene rings is 1. The maximum atomic E-state index is 13.2.